The molecule has 0 radical (unpaired) electrons. The van der Waals surface area contributed by atoms with E-state index >= 15 is 0 Å². The van der Waals surface area contributed by atoms with Crippen molar-refractivity contribution in [1.82, 2.24) is 15.3 Å². The fourth-order valence-electron chi connectivity index (χ4n) is 2.41. The standard InChI is InChI=1S/C13H21N3O2/c1-3-12-10(5-4-6-18-12)13(17)14-7-11-9(2)15-8-16-11/h8,10,12H,3-7H2,1-2H3,(H,14,17)(H,15,16). The predicted molar refractivity (Wildman–Crippen MR) is 67.9 cm³/mol. The Kier molecular flexibility index (Phi) is 4.36. The molecule has 1 saturated heterocycles. The summed E-state index contributed by atoms with van der Waals surface area (Å²) < 4.78 is 5.64. The molecule has 2 unspecified atom stereocenters. The highest BCUT2D eigenvalue weighted by Crippen LogP contribution is 2.23. The van der Waals surface area contributed by atoms with Crippen molar-refractivity contribution in [2.75, 3.05) is 6.61 Å². The van der Waals surface area contributed by atoms with Crippen LogP contribution >= 0.6 is 0 Å². The Morgan fingerprint density at radius 1 is 1.67 bits per heavy atom. The summed E-state index contributed by atoms with van der Waals surface area (Å²) in [6.45, 7) is 5.28. The van der Waals surface area contributed by atoms with Gasteiger partial charge in [0.1, 0.15) is 0 Å². The number of imidazole rings is 1. The van der Waals surface area contributed by atoms with Crippen LogP contribution in [-0.4, -0.2) is 28.6 Å². The monoisotopic (exact) mass is 251 g/mol. The summed E-state index contributed by atoms with van der Waals surface area (Å²) in [4.78, 5) is 19.3. The molecule has 1 fully saturated rings. The van der Waals surface area contributed by atoms with E-state index in [2.05, 4.69) is 22.2 Å². The van der Waals surface area contributed by atoms with Gasteiger partial charge in [0, 0.05) is 12.3 Å². The molecule has 0 aliphatic carbocycles. The molecule has 1 aromatic rings. The molecule has 100 valence electrons. The number of aromatic nitrogens is 2. The van der Waals surface area contributed by atoms with E-state index in [0.717, 1.165) is 37.3 Å². The minimum Gasteiger partial charge on any atom is -0.377 e. The van der Waals surface area contributed by atoms with Crippen molar-refractivity contribution in [3.8, 4) is 0 Å². The molecule has 0 bridgehead atoms. The van der Waals surface area contributed by atoms with Crippen LogP contribution < -0.4 is 5.32 Å². The third kappa shape index (κ3) is 2.90. The van der Waals surface area contributed by atoms with Crippen LogP contribution in [0.25, 0.3) is 0 Å². The van der Waals surface area contributed by atoms with E-state index in [1.807, 2.05) is 6.92 Å². The molecule has 1 aromatic heterocycles. The van der Waals surface area contributed by atoms with Crippen molar-refractivity contribution in [1.29, 1.82) is 0 Å². The Morgan fingerprint density at radius 2 is 2.50 bits per heavy atom. The maximum Gasteiger partial charge on any atom is 0.226 e. The van der Waals surface area contributed by atoms with Crippen molar-refractivity contribution in [2.24, 2.45) is 5.92 Å². The normalized spacial score (nSPS) is 23.9. The molecule has 1 aliphatic rings. The minimum atomic E-state index is -0.0111. The SMILES string of the molecule is CCC1OCCCC1C(=O)NCc1nc[nH]c1C. The molecular weight excluding hydrogens is 230 g/mol. The molecule has 1 amide bonds. The van der Waals surface area contributed by atoms with Gasteiger partial charge in [-0.2, -0.15) is 0 Å². The fourth-order valence-corrected chi connectivity index (χ4v) is 2.41. The Balaban J connectivity index is 1.89. The van der Waals surface area contributed by atoms with E-state index in [-0.39, 0.29) is 17.9 Å². The van der Waals surface area contributed by atoms with Crippen LogP contribution in [-0.2, 0) is 16.1 Å². The molecule has 5 nitrogen and oxygen atoms in total. The van der Waals surface area contributed by atoms with Gasteiger partial charge in [0.05, 0.1) is 30.6 Å². The van der Waals surface area contributed by atoms with Gasteiger partial charge >= 0.3 is 0 Å². The van der Waals surface area contributed by atoms with Gasteiger partial charge in [-0.1, -0.05) is 6.92 Å². The molecule has 5 heteroatoms. The van der Waals surface area contributed by atoms with Gasteiger partial charge < -0.3 is 15.0 Å². The number of hydrogen-bond acceptors (Lipinski definition) is 3. The van der Waals surface area contributed by atoms with Crippen LogP contribution in [0.5, 0.6) is 0 Å². The lowest BCUT2D eigenvalue weighted by molar-refractivity contribution is -0.134. The van der Waals surface area contributed by atoms with Crippen LogP contribution in [0.1, 0.15) is 37.6 Å². The molecular formula is C13H21N3O2. The number of rotatable bonds is 4. The highest BCUT2D eigenvalue weighted by Gasteiger charge is 2.30. The molecule has 2 heterocycles. The molecule has 2 atom stereocenters. The first-order valence-corrected chi connectivity index (χ1v) is 6.60. The van der Waals surface area contributed by atoms with Crippen molar-refractivity contribution in [2.45, 2.75) is 45.8 Å². The third-order valence-electron chi connectivity index (χ3n) is 3.54. The highest BCUT2D eigenvalue weighted by atomic mass is 16.5. The van der Waals surface area contributed by atoms with E-state index < -0.39 is 0 Å². The van der Waals surface area contributed by atoms with Crippen LogP contribution in [0.4, 0.5) is 0 Å². The number of carbonyl (C=O) groups is 1. The fraction of sp³-hybridized carbons (Fsp3) is 0.692. The first kappa shape index (κ1) is 13.1. The maximum atomic E-state index is 12.1. The van der Waals surface area contributed by atoms with Gasteiger partial charge in [0.2, 0.25) is 5.91 Å². The Hall–Kier alpha value is -1.36. The smallest absolute Gasteiger partial charge is 0.226 e. The number of aryl methyl sites for hydroxylation is 1. The minimum absolute atomic E-state index is 0.0111. The lowest BCUT2D eigenvalue weighted by Crippen LogP contribution is -2.41. The number of carbonyl (C=O) groups excluding carboxylic acids is 1. The summed E-state index contributed by atoms with van der Waals surface area (Å²) in [7, 11) is 0. The second-order valence-electron chi connectivity index (χ2n) is 4.76. The molecule has 0 aromatic carbocycles. The molecule has 2 N–H and O–H groups in total. The van der Waals surface area contributed by atoms with Crippen LogP contribution in [0.2, 0.25) is 0 Å². The summed E-state index contributed by atoms with van der Waals surface area (Å²) in [5.41, 5.74) is 1.90. The van der Waals surface area contributed by atoms with Crippen molar-refractivity contribution in [3.05, 3.63) is 17.7 Å². The number of ether oxygens (including phenoxy) is 1. The number of nitrogens with zero attached hydrogens (tertiary/aromatic N) is 1. The molecule has 0 saturated carbocycles. The third-order valence-corrected chi connectivity index (χ3v) is 3.54. The van der Waals surface area contributed by atoms with E-state index in [0.29, 0.717) is 6.54 Å². The van der Waals surface area contributed by atoms with E-state index in [9.17, 15) is 4.79 Å². The molecule has 18 heavy (non-hydrogen) atoms. The van der Waals surface area contributed by atoms with Crippen molar-refractivity contribution >= 4 is 5.91 Å². The zero-order valence-electron chi connectivity index (χ0n) is 11.0. The van der Waals surface area contributed by atoms with Crippen LogP contribution in [0.15, 0.2) is 6.33 Å². The van der Waals surface area contributed by atoms with Gasteiger partial charge in [-0.3, -0.25) is 4.79 Å². The average Bonchev–Trinajstić information content (AvgIpc) is 2.81. The quantitative estimate of drug-likeness (QED) is 0.853. The average molecular weight is 251 g/mol. The van der Waals surface area contributed by atoms with Gasteiger partial charge in [-0.15, -0.1) is 0 Å². The summed E-state index contributed by atoms with van der Waals surface area (Å²) in [5.74, 6) is 0.0759. The number of aromatic amines is 1. The predicted octanol–water partition coefficient (Wildman–Crippen LogP) is 1.54. The zero-order chi connectivity index (χ0) is 13.0. The summed E-state index contributed by atoms with van der Waals surface area (Å²) in [5, 5.41) is 2.96. The van der Waals surface area contributed by atoms with Crippen LogP contribution in [0.3, 0.4) is 0 Å². The summed E-state index contributed by atoms with van der Waals surface area (Å²) >= 11 is 0. The van der Waals surface area contributed by atoms with Gasteiger partial charge in [-0.25, -0.2) is 4.98 Å². The van der Waals surface area contributed by atoms with Crippen molar-refractivity contribution in [3.63, 3.8) is 0 Å². The van der Waals surface area contributed by atoms with Gasteiger partial charge in [0.25, 0.3) is 0 Å². The van der Waals surface area contributed by atoms with Crippen LogP contribution in [0, 0.1) is 12.8 Å². The largest absolute Gasteiger partial charge is 0.377 e. The molecule has 2 rings (SSSR count). The first-order chi connectivity index (χ1) is 8.72. The topological polar surface area (TPSA) is 67.0 Å². The van der Waals surface area contributed by atoms with Gasteiger partial charge in [0.15, 0.2) is 0 Å². The maximum absolute atomic E-state index is 12.1. The molecule has 1 aliphatic heterocycles. The number of H-pyrrole nitrogens is 1. The van der Waals surface area contributed by atoms with Crippen molar-refractivity contribution < 1.29 is 9.53 Å². The Morgan fingerprint density at radius 3 is 3.17 bits per heavy atom. The Labute approximate surface area is 107 Å². The second-order valence-corrected chi connectivity index (χ2v) is 4.76. The molecule has 0 spiro atoms. The number of hydrogen-bond donors (Lipinski definition) is 2. The first-order valence-electron chi connectivity index (χ1n) is 6.60. The van der Waals surface area contributed by atoms with E-state index in [4.69, 9.17) is 4.74 Å². The number of nitrogens with one attached hydrogen (secondary N) is 2. The summed E-state index contributed by atoms with van der Waals surface area (Å²) in [6, 6.07) is 0. The second kappa shape index (κ2) is 6.00. The number of amides is 1. The summed E-state index contributed by atoms with van der Waals surface area (Å²) in [6.07, 6.45) is 4.49. The van der Waals surface area contributed by atoms with E-state index in [1.165, 1.54) is 0 Å². The Bertz CT molecular complexity index is 403. The lowest BCUT2D eigenvalue weighted by atomic mass is 9.92. The lowest BCUT2D eigenvalue weighted by Gasteiger charge is -2.30. The zero-order valence-corrected chi connectivity index (χ0v) is 11.0. The highest BCUT2D eigenvalue weighted by molar-refractivity contribution is 5.79. The van der Waals surface area contributed by atoms with E-state index in [1.54, 1.807) is 6.33 Å². The van der Waals surface area contributed by atoms with Gasteiger partial charge in [-0.05, 0) is 26.2 Å².